The Kier molecular flexibility index (Phi) is 6.46. The second-order valence-electron chi connectivity index (χ2n) is 3.64. The van der Waals surface area contributed by atoms with Gasteiger partial charge in [-0.2, -0.15) is 0 Å². The number of carbonyl (C=O) groups is 1. The zero-order valence-electron chi connectivity index (χ0n) is 10.1. The van der Waals surface area contributed by atoms with Crippen LogP contribution in [0.2, 0.25) is 0 Å². The molecule has 1 N–H and O–H groups in total. The van der Waals surface area contributed by atoms with Gasteiger partial charge in [0, 0.05) is 23.2 Å². The Hall–Kier alpha value is -1.61. The Morgan fingerprint density at radius 3 is 2.80 bits per heavy atom. The number of halogens is 3. The molecular weight excluding hydrogens is 342 g/mol. The number of nitro groups is 1. The number of rotatable bonds is 7. The molecule has 110 valence electrons. The number of alkyl halides is 2. The van der Waals surface area contributed by atoms with Crippen molar-refractivity contribution in [1.29, 1.82) is 0 Å². The van der Waals surface area contributed by atoms with E-state index < -0.39 is 23.9 Å². The summed E-state index contributed by atoms with van der Waals surface area (Å²) in [6.45, 7) is -0.736. The largest absolute Gasteiger partial charge is 0.374 e. The van der Waals surface area contributed by atoms with Crippen LogP contribution in [0.15, 0.2) is 22.7 Å². The molecule has 0 unspecified atom stereocenters. The number of nitrogens with one attached hydrogen (secondary N) is 1. The van der Waals surface area contributed by atoms with Crippen LogP contribution >= 0.6 is 15.9 Å². The van der Waals surface area contributed by atoms with Gasteiger partial charge in [0.1, 0.15) is 6.61 Å². The molecule has 1 aromatic carbocycles. The summed E-state index contributed by atoms with van der Waals surface area (Å²) in [7, 11) is 0. The first-order valence-corrected chi connectivity index (χ1v) is 6.29. The van der Waals surface area contributed by atoms with Crippen LogP contribution in [0.5, 0.6) is 0 Å². The molecule has 0 aliphatic heterocycles. The fourth-order valence-corrected chi connectivity index (χ4v) is 1.73. The summed E-state index contributed by atoms with van der Waals surface area (Å²) in [4.78, 5) is 21.8. The average Bonchev–Trinajstić information content (AvgIpc) is 2.37. The van der Waals surface area contributed by atoms with Gasteiger partial charge in [-0.3, -0.25) is 14.9 Å². The molecule has 0 saturated carbocycles. The van der Waals surface area contributed by atoms with Crippen LogP contribution in [0.4, 0.5) is 14.5 Å². The van der Waals surface area contributed by atoms with Crippen LogP contribution in [0.1, 0.15) is 10.4 Å². The first-order valence-electron chi connectivity index (χ1n) is 5.50. The molecular formula is C11H11BrF2N2O4. The lowest BCUT2D eigenvalue weighted by Gasteiger charge is -2.07. The maximum Gasteiger partial charge on any atom is 0.270 e. The zero-order chi connectivity index (χ0) is 15.1. The van der Waals surface area contributed by atoms with Crippen LogP contribution in [0.25, 0.3) is 0 Å². The Balaban J connectivity index is 2.55. The molecule has 0 fully saturated rings. The van der Waals surface area contributed by atoms with Crippen LogP contribution in [0.3, 0.4) is 0 Å². The number of hydrogen-bond acceptors (Lipinski definition) is 4. The Morgan fingerprint density at radius 2 is 2.20 bits per heavy atom. The van der Waals surface area contributed by atoms with E-state index in [4.69, 9.17) is 0 Å². The smallest absolute Gasteiger partial charge is 0.270 e. The molecule has 0 heterocycles. The number of nitrogens with zero attached hydrogens (tertiary/aromatic N) is 1. The molecule has 0 radical (unpaired) electrons. The number of benzene rings is 1. The maximum absolute atomic E-state index is 11.8. The molecule has 0 aromatic heterocycles. The van der Waals surface area contributed by atoms with E-state index in [0.29, 0.717) is 4.47 Å². The first-order chi connectivity index (χ1) is 9.41. The van der Waals surface area contributed by atoms with Gasteiger partial charge in [-0.25, -0.2) is 8.78 Å². The van der Waals surface area contributed by atoms with E-state index >= 15 is 0 Å². The summed E-state index contributed by atoms with van der Waals surface area (Å²) in [5, 5.41) is 13.0. The van der Waals surface area contributed by atoms with E-state index in [1.165, 1.54) is 12.1 Å². The minimum absolute atomic E-state index is 0.0285. The van der Waals surface area contributed by atoms with Crippen molar-refractivity contribution in [2.45, 2.75) is 6.43 Å². The molecule has 0 aliphatic carbocycles. The summed E-state index contributed by atoms with van der Waals surface area (Å²) in [5.74, 6) is -0.554. The number of amides is 1. The van der Waals surface area contributed by atoms with E-state index in [1.807, 2.05) is 0 Å². The molecule has 9 heteroatoms. The first kappa shape index (κ1) is 16.4. The lowest BCUT2D eigenvalue weighted by molar-refractivity contribution is -0.384. The van der Waals surface area contributed by atoms with E-state index in [0.717, 1.165) is 6.07 Å². The second kappa shape index (κ2) is 7.85. The molecule has 1 aromatic rings. The molecule has 0 atom stereocenters. The van der Waals surface area contributed by atoms with E-state index in [1.54, 1.807) is 0 Å². The fraction of sp³-hybridized carbons (Fsp3) is 0.364. The molecule has 0 saturated heterocycles. The Morgan fingerprint density at radius 1 is 1.50 bits per heavy atom. The Labute approximate surface area is 121 Å². The van der Waals surface area contributed by atoms with Gasteiger partial charge in [-0.1, -0.05) is 0 Å². The monoisotopic (exact) mass is 352 g/mol. The van der Waals surface area contributed by atoms with Gasteiger partial charge >= 0.3 is 0 Å². The average molecular weight is 353 g/mol. The lowest BCUT2D eigenvalue weighted by atomic mass is 10.2. The van der Waals surface area contributed by atoms with Gasteiger partial charge in [0.05, 0.1) is 17.1 Å². The summed E-state index contributed by atoms with van der Waals surface area (Å²) >= 11 is 3.11. The fourth-order valence-electron chi connectivity index (χ4n) is 1.31. The highest BCUT2D eigenvalue weighted by Crippen LogP contribution is 2.22. The predicted octanol–water partition coefficient (Wildman–Crippen LogP) is 2.37. The van der Waals surface area contributed by atoms with Gasteiger partial charge in [-0.05, 0) is 22.0 Å². The quantitative estimate of drug-likeness (QED) is 0.464. The summed E-state index contributed by atoms with van der Waals surface area (Å²) in [6, 6.07) is 3.77. The number of carbonyl (C=O) groups excluding carboxylic acids is 1. The van der Waals surface area contributed by atoms with Crippen LogP contribution < -0.4 is 5.32 Å². The topological polar surface area (TPSA) is 81.5 Å². The molecule has 0 aliphatic rings. The van der Waals surface area contributed by atoms with Crippen molar-refractivity contribution in [1.82, 2.24) is 5.32 Å². The Bertz CT molecular complexity index is 499. The highest BCUT2D eigenvalue weighted by molar-refractivity contribution is 9.10. The normalized spacial score (nSPS) is 10.6. The van der Waals surface area contributed by atoms with Crippen LogP contribution in [-0.4, -0.2) is 37.0 Å². The van der Waals surface area contributed by atoms with Crippen molar-refractivity contribution in [2.75, 3.05) is 19.8 Å². The van der Waals surface area contributed by atoms with Gasteiger partial charge in [0.25, 0.3) is 18.0 Å². The van der Waals surface area contributed by atoms with Crippen molar-refractivity contribution < 1.29 is 23.2 Å². The number of non-ortho nitro benzene ring substituents is 1. The zero-order valence-corrected chi connectivity index (χ0v) is 11.7. The minimum atomic E-state index is -2.56. The van der Waals surface area contributed by atoms with Gasteiger partial charge in [-0.15, -0.1) is 0 Å². The molecule has 0 bridgehead atoms. The minimum Gasteiger partial charge on any atom is -0.374 e. The van der Waals surface area contributed by atoms with Gasteiger partial charge < -0.3 is 10.1 Å². The summed E-state index contributed by atoms with van der Waals surface area (Å²) in [5.41, 5.74) is -0.125. The SMILES string of the molecule is O=C(NCCOCC(F)F)c1cc([N+](=O)[O-])ccc1Br. The molecule has 0 spiro atoms. The number of hydrogen-bond donors (Lipinski definition) is 1. The van der Waals surface area contributed by atoms with E-state index in [9.17, 15) is 23.7 Å². The molecule has 1 amide bonds. The number of ether oxygens (including phenoxy) is 1. The highest BCUT2D eigenvalue weighted by atomic mass is 79.9. The van der Waals surface area contributed by atoms with Crippen molar-refractivity contribution in [3.63, 3.8) is 0 Å². The molecule has 1 rings (SSSR count). The van der Waals surface area contributed by atoms with Crippen molar-refractivity contribution in [3.8, 4) is 0 Å². The van der Waals surface area contributed by atoms with E-state index in [2.05, 4.69) is 26.0 Å². The van der Waals surface area contributed by atoms with Crippen molar-refractivity contribution in [2.24, 2.45) is 0 Å². The van der Waals surface area contributed by atoms with E-state index in [-0.39, 0.29) is 24.4 Å². The highest BCUT2D eigenvalue weighted by Gasteiger charge is 2.15. The summed E-state index contributed by atoms with van der Waals surface area (Å²) < 4.78 is 28.5. The maximum atomic E-state index is 11.8. The second-order valence-corrected chi connectivity index (χ2v) is 4.50. The lowest BCUT2D eigenvalue weighted by Crippen LogP contribution is -2.28. The summed E-state index contributed by atoms with van der Waals surface area (Å²) in [6.07, 6.45) is -2.56. The number of nitro benzene ring substituents is 1. The molecule has 6 nitrogen and oxygen atoms in total. The third-order valence-corrected chi connectivity index (χ3v) is 2.87. The third-order valence-electron chi connectivity index (χ3n) is 2.18. The standard InChI is InChI=1S/C11H11BrF2N2O4/c12-9-2-1-7(16(18)19)5-8(9)11(17)15-3-4-20-6-10(13)14/h1-2,5,10H,3-4,6H2,(H,15,17). The van der Waals surface area contributed by atoms with Crippen molar-refractivity contribution >= 4 is 27.5 Å². The third kappa shape index (κ3) is 5.17. The predicted molar refractivity (Wildman–Crippen MR) is 70.0 cm³/mol. The van der Waals surface area contributed by atoms with Crippen LogP contribution in [0, 0.1) is 10.1 Å². The van der Waals surface area contributed by atoms with Gasteiger partial charge in [0.2, 0.25) is 0 Å². The van der Waals surface area contributed by atoms with Crippen molar-refractivity contribution in [3.05, 3.63) is 38.3 Å². The molecule has 20 heavy (non-hydrogen) atoms. The van der Waals surface area contributed by atoms with Gasteiger partial charge in [0.15, 0.2) is 0 Å². The van der Waals surface area contributed by atoms with Crippen LogP contribution in [-0.2, 0) is 4.74 Å².